The SMILES string of the molecule is C[C@H]1C=C2[C@H](C#N)C(=N)C(C#N)(C#N)[C@@H](c3ccc(F)cc3)[C@]2(C)C[NH+]1C. The van der Waals surface area contributed by atoms with Crippen LogP contribution in [0.25, 0.3) is 0 Å². The third kappa shape index (κ3) is 2.47. The number of hydrogen-bond acceptors (Lipinski definition) is 4. The molecule has 0 radical (unpaired) electrons. The van der Waals surface area contributed by atoms with Crippen LogP contribution in [0.5, 0.6) is 0 Å². The van der Waals surface area contributed by atoms with E-state index in [1.165, 1.54) is 17.0 Å². The average molecular weight is 362 g/mol. The van der Waals surface area contributed by atoms with Crippen molar-refractivity contribution in [1.82, 2.24) is 0 Å². The molecule has 3 rings (SSSR count). The molecule has 27 heavy (non-hydrogen) atoms. The molecule has 1 heterocycles. The van der Waals surface area contributed by atoms with Crippen molar-refractivity contribution in [2.45, 2.75) is 25.8 Å². The van der Waals surface area contributed by atoms with Crippen LogP contribution in [0, 0.1) is 62.0 Å². The molecule has 6 heteroatoms. The van der Waals surface area contributed by atoms with Gasteiger partial charge in [-0.05, 0) is 43.2 Å². The maximum Gasteiger partial charge on any atom is 0.190 e. The molecule has 1 aliphatic heterocycles. The number of hydrogen-bond donors (Lipinski definition) is 2. The van der Waals surface area contributed by atoms with Crippen LogP contribution < -0.4 is 4.90 Å². The molecular weight excluding hydrogens is 341 g/mol. The summed E-state index contributed by atoms with van der Waals surface area (Å²) in [5, 5.41) is 38.4. The Labute approximate surface area is 158 Å². The van der Waals surface area contributed by atoms with Crippen LogP contribution in [-0.4, -0.2) is 25.3 Å². The van der Waals surface area contributed by atoms with Gasteiger partial charge in [-0.3, -0.25) is 0 Å². The van der Waals surface area contributed by atoms with Gasteiger partial charge >= 0.3 is 0 Å². The van der Waals surface area contributed by atoms with Gasteiger partial charge in [0.2, 0.25) is 0 Å². The van der Waals surface area contributed by atoms with Gasteiger partial charge in [-0.15, -0.1) is 0 Å². The molecule has 2 N–H and O–H groups in total. The Hall–Kier alpha value is -3.01. The second-order valence-electron chi connectivity index (χ2n) is 7.84. The topological polar surface area (TPSA) is 99.7 Å². The Balaban J connectivity index is 2.36. The minimum Gasteiger partial charge on any atom is -0.331 e. The van der Waals surface area contributed by atoms with Gasteiger partial charge < -0.3 is 10.3 Å². The maximum absolute atomic E-state index is 13.5. The van der Waals surface area contributed by atoms with Crippen molar-refractivity contribution in [3.05, 3.63) is 47.3 Å². The summed E-state index contributed by atoms with van der Waals surface area (Å²) in [7, 11) is 2.03. The Bertz CT molecular complexity index is 929. The van der Waals surface area contributed by atoms with E-state index in [9.17, 15) is 20.2 Å². The zero-order valence-corrected chi connectivity index (χ0v) is 15.5. The van der Waals surface area contributed by atoms with E-state index in [2.05, 4.69) is 18.2 Å². The molecule has 1 aromatic carbocycles. The molecule has 1 saturated carbocycles. The minimum atomic E-state index is -1.77. The van der Waals surface area contributed by atoms with Gasteiger partial charge in [-0.25, -0.2) is 4.39 Å². The fourth-order valence-electron chi connectivity index (χ4n) is 4.84. The number of rotatable bonds is 1. The zero-order valence-electron chi connectivity index (χ0n) is 15.5. The van der Waals surface area contributed by atoms with Gasteiger partial charge in [-0.2, -0.15) is 15.8 Å². The lowest BCUT2D eigenvalue weighted by atomic mass is 9.48. The highest BCUT2D eigenvalue weighted by atomic mass is 19.1. The third-order valence-electron chi connectivity index (χ3n) is 6.29. The summed E-state index contributed by atoms with van der Waals surface area (Å²) >= 11 is 0. The largest absolute Gasteiger partial charge is 0.331 e. The Morgan fingerprint density at radius 2 is 1.78 bits per heavy atom. The summed E-state index contributed by atoms with van der Waals surface area (Å²) in [5.41, 5.74) is -1.20. The molecule has 5 nitrogen and oxygen atoms in total. The standard InChI is InChI=1S/C21H20FN5/c1-13-8-17-16(9-23)19(26)21(10-24,11-25)18(20(17,2)12-27(13)3)14-4-6-15(22)7-5-14/h4-8,13,16,18,26H,12H2,1-3H3/p+1/t13-,16-,18-,20+/m0/s1. The predicted molar refractivity (Wildman–Crippen MR) is 97.0 cm³/mol. The number of fused-ring (bicyclic) bond motifs is 1. The highest BCUT2D eigenvalue weighted by Crippen LogP contribution is 2.59. The number of halogens is 1. The first-order valence-corrected chi connectivity index (χ1v) is 8.86. The first-order chi connectivity index (χ1) is 12.7. The number of likely N-dealkylation sites (N-methyl/N-ethyl adjacent to an activating group) is 1. The molecule has 1 aliphatic carbocycles. The van der Waals surface area contributed by atoms with Crippen molar-refractivity contribution in [3.63, 3.8) is 0 Å². The zero-order chi connectivity index (χ0) is 20.0. The summed E-state index contributed by atoms with van der Waals surface area (Å²) in [4.78, 5) is 1.20. The average Bonchev–Trinajstić information content (AvgIpc) is 2.65. The van der Waals surface area contributed by atoms with Crippen LogP contribution in [0.15, 0.2) is 35.9 Å². The van der Waals surface area contributed by atoms with Gasteiger partial charge in [0.15, 0.2) is 5.41 Å². The molecule has 2 aliphatic rings. The molecule has 1 aromatic rings. The number of benzene rings is 1. The first kappa shape index (κ1) is 18.8. The van der Waals surface area contributed by atoms with Crippen molar-refractivity contribution in [2.24, 2.45) is 16.7 Å². The van der Waals surface area contributed by atoms with Gasteiger partial charge in [0, 0.05) is 11.3 Å². The van der Waals surface area contributed by atoms with Crippen LogP contribution in [0.3, 0.4) is 0 Å². The lowest BCUT2D eigenvalue weighted by Crippen LogP contribution is -3.14. The van der Waals surface area contributed by atoms with E-state index in [1.807, 2.05) is 27.0 Å². The molecule has 0 amide bonds. The summed E-state index contributed by atoms with van der Waals surface area (Å²) in [6, 6.07) is 12.2. The van der Waals surface area contributed by atoms with Crippen LogP contribution in [0.1, 0.15) is 25.3 Å². The van der Waals surface area contributed by atoms with Crippen molar-refractivity contribution < 1.29 is 9.29 Å². The molecule has 0 spiro atoms. The molecule has 0 saturated heterocycles. The predicted octanol–water partition coefficient (Wildman–Crippen LogP) is 1.97. The van der Waals surface area contributed by atoms with Crippen molar-refractivity contribution >= 4 is 5.71 Å². The quantitative estimate of drug-likeness (QED) is 0.747. The third-order valence-corrected chi connectivity index (χ3v) is 6.29. The van der Waals surface area contributed by atoms with Gasteiger partial charge in [-0.1, -0.05) is 12.1 Å². The number of nitriles is 3. The van der Waals surface area contributed by atoms with Gasteiger partial charge in [0.05, 0.1) is 37.5 Å². The lowest BCUT2D eigenvalue weighted by molar-refractivity contribution is -0.905. The molecule has 5 atom stereocenters. The van der Waals surface area contributed by atoms with E-state index in [1.54, 1.807) is 12.1 Å². The van der Waals surface area contributed by atoms with Crippen LogP contribution >= 0.6 is 0 Å². The molecular formula is C21H21FN5+. The van der Waals surface area contributed by atoms with Crippen molar-refractivity contribution in [2.75, 3.05) is 13.6 Å². The summed E-state index contributed by atoms with van der Waals surface area (Å²) in [5.74, 6) is -1.96. The summed E-state index contributed by atoms with van der Waals surface area (Å²) in [6.07, 6.45) is 2.01. The smallest absolute Gasteiger partial charge is 0.190 e. The van der Waals surface area contributed by atoms with E-state index in [0.29, 0.717) is 12.1 Å². The normalized spacial score (nSPS) is 34.4. The second-order valence-corrected chi connectivity index (χ2v) is 7.84. The van der Waals surface area contributed by atoms with Crippen molar-refractivity contribution in [1.29, 1.82) is 21.2 Å². The fourth-order valence-corrected chi connectivity index (χ4v) is 4.84. The first-order valence-electron chi connectivity index (χ1n) is 8.86. The maximum atomic E-state index is 13.5. The van der Waals surface area contributed by atoms with E-state index in [0.717, 1.165) is 5.57 Å². The van der Waals surface area contributed by atoms with E-state index in [-0.39, 0.29) is 11.8 Å². The van der Waals surface area contributed by atoms with Crippen LogP contribution in [0.4, 0.5) is 4.39 Å². The van der Waals surface area contributed by atoms with Crippen LogP contribution in [0.2, 0.25) is 0 Å². The lowest BCUT2D eigenvalue weighted by Gasteiger charge is -2.53. The van der Waals surface area contributed by atoms with Crippen LogP contribution in [-0.2, 0) is 0 Å². The van der Waals surface area contributed by atoms with Crippen molar-refractivity contribution in [3.8, 4) is 18.2 Å². The monoisotopic (exact) mass is 362 g/mol. The highest BCUT2D eigenvalue weighted by molar-refractivity contribution is 6.01. The highest BCUT2D eigenvalue weighted by Gasteiger charge is 2.64. The summed E-state index contributed by atoms with van der Waals surface area (Å²) < 4.78 is 13.5. The molecule has 136 valence electrons. The molecule has 1 unspecified atom stereocenters. The Kier molecular flexibility index (Phi) is 4.38. The molecule has 0 aromatic heterocycles. The molecule has 1 fully saturated rings. The Morgan fingerprint density at radius 3 is 2.30 bits per heavy atom. The van der Waals surface area contributed by atoms with Gasteiger partial charge in [0.1, 0.15) is 17.8 Å². The van der Waals surface area contributed by atoms with Gasteiger partial charge in [0.25, 0.3) is 0 Å². The number of nitrogens with zero attached hydrogens (tertiary/aromatic N) is 3. The van der Waals surface area contributed by atoms with E-state index >= 15 is 0 Å². The second kappa shape index (κ2) is 6.31. The number of nitrogens with one attached hydrogen (secondary N) is 2. The molecule has 0 bridgehead atoms. The summed E-state index contributed by atoms with van der Waals surface area (Å²) in [6.45, 7) is 4.62. The fraction of sp³-hybridized carbons (Fsp3) is 0.429. The number of quaternary nitrogens is 1. The van der Waals surface area contributed by atoms with E-state index < -0.39 is 28.5 Å². The Morgan fingerprint density at radius 1 is 1.19 bits per heavy atom. The minimum absolute atomic E-state index is 0.155. The van der Waals surface area contributed by atoms with E-state index in [4.69, 9.17) is 5.41 Å².